The largest absolute Gasteiger partial charge is 0.497 e. The first-order valence-corrected chi connectivity index (χ1v) is 8.54. The topological polar surface area (TPSA) is 35.9 Å². The third-order valence-electron chi connectivity index (χ3n) is 5.16. The van der Waals surface area contributed by atoms with Crippen LogP contribution in [0, 0.1) is 0 Å². The maximum Gasteiger partial charge on any atom is 0.119 e. The lowest BCUT2D eigenvalue weighted by Gasteiger charge is -2.38. The van der Waals surface area contributed by atoms with Gasteiger partial charge in [0.25, 0.3) is 0 Å². The molecule has 2 fully saturated rings. The summed E-state index contributed by atoms with van der Waals surface area (Å²) in [7, 11) is 1.66. The van der Waals surface area contributed by atoms with Crippen LogP contribution in [0.5, 0.6) is 5.75 Å². The van der Waals surface area contributed by atoms with Crippen LogP contribution in [0.15, 0.2) is 24.3 Å². The summed E-state index contributed by atoms with van der Waals surface area (Å²) in [5.74, 6) is 0.808. The van der Waals surface area contributed by atoms with Crippen molar-refractivity contribution in [1.29, 1.82) is 0 Å². The van der Waals surface area contributed by atoms with Gasteiger partial charge in [0, 0.05) is 38.8 Å². The molecule has 1 heterocycles. The van der Waals surface area contributed by atoms with E-state index in [1.807, 2.05) is 24.3 Å². The maximum absolute atomic E-state index is 10.5. The summed E-state index contributed by atoms with van der Waals surface area (Å²) in [6.45, 7) is 5.14. The highest BCUT2D eigenvalue weighted by atomic mass is 16.5. The first-order chi connectivity index (χ1) is 10.8. The van der Waals surface area contributed by atoms with E-state index in [9.17, 15) is 5.11 Å². The molecule has 1 aliphatic heterocycles. The van der Waals surface area contributed by atoms with Crippen molar-refractivity contribution < 1.29 is 9.84 Å². The number of ether oxygens (including phenoxy) is 1. The molecule has 0 spiro atoms. The number of benzene rings is 1. The van der Waals surface area contributed by atoms with Crippen molar-refractivity contribution in [2.75, 3.05) is 39.8 Å². The first-order valence-electron chi connectivity index (χ1n) is 8.54. The third kappa shape index (κ3) is 3.80. The fraction of sp³-hybridized carbons (Fsp3) is 0.667. The normalized spacial score (nSPS) is 22.8. The molecule has 4 nitrogen and oxygen atoms in total. The van der Waals surface area contributed by atoms with E-state index in [2.05, 4.69) is 9.80 Å². The lowest BCUT2D eigenvalue weighted by Crippen LogP contribution is -2.50. The summed E-state index contributed by atoms with van der Waals surface area (Å²) >= 11 is 0. The Bertz CT molecular complexity index is 466. The van der Waals surface area contributed by atoms with Gasteiger partial charge >= 0.3 is 0 Å². The lowest BCUT2D eigenvalue weighted by atomic mass is 10.1. The van der Waals surface area contributed by atoms with Crippen LogP contribution in [-0.4, -0.2) is 60.8 Å². The van der Waals surface area contributed by atoms with Gasteiger partial charge in [-0.25, -0.2) is 0 Å². The number of aliphatic hydroxyl groups excluding tert-OH is 1. The summed E-state index contributed by atoms with van der Waals surface area (Å²) in [5, 5.41) is 10.5. The highest BCUT2D eigenvalue weighted by Crippen LogP contribution is 2.25. The zero-order valence-corrected chi connectivity index (χ0v) is 13.6. The summed E-state index contributed by atoms with van der Waals surface area (Å²) in [4.78, 5) is 5.04. The van der Waals surface area contributed by atoms with Crippen LogP contribution in [0.25, 0.3) is 0 Å². The SMILES string of the molecule is COc1cccc(C(O)CN2CCN(C3CCCC3)CC2)c1. The van der Waals surface area contributed by atoms with Crippen molar-refractivity contribution in [3.8, 4) is 5.75 Å². The Hall–Kier alpha value is -1.10. The Morgan fingerprint density at radius 2 is 1.91 bits per heavy atom. The number of methoxy groups -OCH3 is 1. The number of rotatable bonds is 5. The quantitative estimate of drug-likeness (QED) is 0.905. The molecule has 1 unspecified atom stereocenters. The second-order valence-electron chi connectivity index (χ2n) is 6.57. The standard InChI is InChI=1S/C18H28N2O2/c1-22-17-8-4-5-15(13-17)18(21)14-19-9-11-20(12-10-19)16-6-2-3-7-16/h4-5,8,13,16,18,21H,2-3,6-7,9-12,14H2,1H3. The molecule has 1 aliphatic carbocycles. The number of nitrogens with zero attached hydrogens (tertiary/aromatic N) is 2. The van der Waals surface area contributed by atoms with Gasteiger partial charge in [0.1, 0.15) is 5.75 Å². The molecule has 0 radical (unpaired) electrons. The molecule has 1 saturated carbocycles. The van der Waals surface area contributed by atoms with Crippen LogP contribution in [0.4, 0.5) is 0 Å². The third-order valence-corrected chi connectivity index (χ3v) is 5.16. The second-order valence-corrected chi connectivity index (χ2v) is 6.57. The molecule has 4 heteroatoms. The predicted molar refractivity (Wildman–Crippen MR) is 88.2 cm³/mol. The number of aliphatic hydroxyl groups is 1. The molecule has 1 N–H and O–H groups in total. The zero-order chi connectivity index (χ0) is 15.4. The van der Waals surface area contributed by atoms with Gasteiger partial charge in [-0.1, -0.05) is 25.0 Å². The fourth-order valence-electron chi connectivity index (χ4n) is 3.78. The number of β-amino-alcohol motifs (C(OH)–C–C–N with tert-alkyl or cyclic N) is 1. The second kappa shape index (κ2) is 7.44. The van der Waals surface area contributed by atoms with Gasteiger partial charge in [-0.2, -0.15) is 0 Å². The van der Waals surface area contributed by atoms with E-state index in [-0.39, 0.29) is 0 Å². The molecule has 0 bridgehead atoms. The van der Waals surface area contributed by atoms with Gasteiger partial charge in [-0.05, 0) is 30.5 Å². The minimum atomic E-state index is -0.437. The Morgan fingerprint density at radius 1 is 1.18 bits per heavy atom. The van der Waals surface area contributed by atoms with Crippen molar-refractivity contribution in [3.63, 3.8) is 0 Å². The minimum absolute atomic E-state index is 0.437. The van der Waals surface area contributed by atoms with Gasteiger partial charge in [0.2, 0.25) is 0 Å². The highest BCUT2D eigenvalue weighted by molar-refractivity contribution is 5.29. The minimum Gasteiger partial charge on any atom is -0.497 e. The van der Waals surface area contributed by atoms with Gasteiger partial charge in [0.05, 0.1) is 13.2 Å². The van der Waals surface area contributed by atoms with E-state index in [0.717, 1.165) is 43.5 Å². The van der Waals surface area contributed by atoms with Crippen LogP contribution >= 0.6 is 0 Å². The Morgan fingerprint density at radius 3 is 2.59 bits per heavy atom. The molecular weight excluding hydrogens is 276 g/mol. The van der Waals surface area contributed by atoms with Crippen LogP contribution in [0.2, 0.25) is 0 Å². The first kappa shape index (κ1) is 15.8. The Balaban J connectivity index is 1.49. The molecule has 122 valence electrons. The number of hydrogen-bond acceptors (Lipinski definition) is 4. The van der Waals surface area contributed by atoms with E-state index < -0.39 is 6.10 Å². The lowest BCUT2D eigenvalue weighted by molar-refractivity contribution is 0.0570. The summed E-state index contributed by atoms with van der Waals surface area (Å²) in [5.41, 5.74) is 0.942. The molecule has 1 aromatic carbocycles. The zero-order valence-electron chi connectivity index (χ0n) is 13.6. The number of hydrogen-bond donors (Lipinski definition) is 1. The summed E-state index contributed by atoms with van der Waals surface area (Å²) in [6.07, 6.45) is 5.13. The summed E-state index contributed by atoms with van der Waals surface area (Å²) in [6, 6.07) is 8.58. The molecule has 0 amide bonds. The fourth-order valence-corrected chi connectivity index (χ4v) is 3.78. The maximum atomic E-state index is 10.5. The van der Waals surface area contributed by atoms with E-state index in [0.29, 0.717) is 6.54 Å². The summed E-state index contributed by atoms with van der Waals surface area (Å²) < 4.78 is 5.23. The van der Waals surface area contributed by atoms with Crippen LogP contribution in [-0.2, 0) is 0 Å². The average Bonchev–Trinajstić information content (AvgIpc) is 3.10. The van der Waals surface area contributed by atoms with E-state index in [4.69, 9.17) is 4.74 Å². The van der Waals surface area contributed by atoms with Crippen LogP contribution in [0.3, 0.4) is 0 Å². The van der Waals surface area contributed by atoms with Crippen LogP contribution in [0.1, 0.15) is 37.4 Å². The molecule has 0 aromatic heterocycles. The average molecular weight is 304 g/mol. The molecule has 1 atom stereocenters. The monoisotopic (exact) mass is 304 g/mol. The van der Waals surface area contributed by atoms with Gasteiger partial charge < -0.3 is 9.84 Å². The smallest absolute Gasteiger partial charge is 0.119 e. The van der Waals surface area contributed by atoms with Crippen molar-refractivity contribution >= 4 is 0 Å². The molecule has 1 saturated heterocycles. The van der Waals surface area contributed by atoms with Gasteiger partial charge in [-0.3, -0.25) is 9.80 Å². The molecule has 3 rings (SSSR count). The van der Waals surface area contributed by atoms with Gasteiger partial charge in [-0.15, -0.1) is 0 Å². The molecule has 2 aliphatic rings. The van der Waals surface area contributed by atoms with E-state index in [1.54, 1.807) is 7.11 Å². The van der Waals surface area contributed by atoms with Crippen molar-refractivity contribution in [2.24, 2.45) is 0 Å². The van der Waals surface area contributed by atoms with Crippen molar-refractivity contribution in [1.82, 2.24) is 9.80 Å². The number of piperazine rings is 1. The Kier molecular flexibility index (Phi) is 5.34. The van der Waals surface area contributed by atoms with Crippen LogP contribution < -0.4 is 4.74 Å². The predicted octanol–water partition coefficient (Wildman–Crippen LogP) is 2.29. The molecular formula is C18H28N2O2. The molecule has 1 aromatic rings. The van der Waals surface area contributed by atoms with Crippen molar-refractivity contribution in [3.05, 3.63) is 29.8 Å². The van der Waals surface area contributed by atoms with Gasteiger partial charge in [0.15, 0.2) is 0 Å². The van der Waals surface area contributed by atoms with Crippen molar-refractivity contribution in [2.45, 2.75) is 37.8 Å². The highest BCUT2D eigenvalue weighted by Gasteiger charge is 2.26. The van der Waals surface area contributed by atoms with E-state index >= 15 is 0 Å². The molecule has 22 heavy (non-hydrogen) atoms. The Labute approximate surface area is 133 Å². The van der Waals surface area contributed by atoms with E-state index in [1.165, 1.54) is 25.7 Å².